The number of hydrogen-bond acceptors (Lipinski definition) is 2. The largest absolute Gasteiger partial charge is 0.361 e. The van der Waals surface area contributed by atoms with Crippen LogP contribution in [0.4, 0.5) is 0 Å². The Morgan fingerprint density at radius 3 is 2.41 bits per heavy atom. The summed E-state index contributed by atoms with van der Waals surface area (Å²) in [6.45, 7) is 6.06. The summed E-state index contributed by atoms with van der Waals surface area (Å²) in [5.74, 6) is -0.302. The Balaban J connectivity index is 1.71. The highest BCUT2D eigenvalue weighted by Gasteiger charge is 2.28. The molecule has 3 N–H and O–H groups in total. The number of para-hydroxylation sites is 1. The van der Waals surface area contributed by atoms with E-state index in [9.17, 15) is 9.59 Å². The van der Waals surface area contributed by atoms with Gasteiger partial charge in [-0.1, -0.05) is 69.3 Å². The second-order valence-corrected chi connectivity index (χ2v) is 8.37. The normalized spacial score (nSPS) is 12.5. The fourth-order valence-electron chi connectivity index (χ4n) is 3.20. The summed E-state index contributed by atoms with van der Waals surface area (Å²) in [5.41, 5.74) is 2.63. The van der Waals surface area contributed by atoms with Gasteiger partial charge in [-0.05, 0) is 23.6 Å². The van der Waals surface area contributed by atoms with E-state index in [4.69, 9.17) is 0 Å². The molecule has 5 heteroatoms. The number of benzene rings is 2. The molecule has 5 nitrogen and oxygen atoms in total. The van der Waals surface area contributed by atoms with Crippen LogP contribution < -0.4 is 10.6 Å². The van der Waals surface area contributed by atoms with Crippen LogP contribution in [-0.4, -0.2) is 29.4 Å². The molecular weight excluding hydrogens is 362 g/mol. The van der Waals surface area contributed by atoms with Gasteiger partial charge in [0, 0.05) is 35.5 Å². The van der Waals surface area contributed by atoms with Crippen molar-refractivity contribution in [3.05, 3.63) is 71.9 Å². The zero-order valence-electron chi connectivity index (χ0n) is 17.3. The van der Waals surface area contributed by atoms with Gasteiger partial charge in [0.25, 0.3) is 0 Å². The molecule has 0 saturated carbocycles. The van der Waals surface area contributed by atoms with Crippen molar-refractivity contribution >= 4 is 22.7 Å². The lowest BCUT2D eigenvalue weighted by Crippen LogP contribution is -2.51. The van der Waals surface area contributed by atoms with E-state index in [1.807, 2.05) is 81.6 Å². The number of aromatic nitrogens is 1. The van der Waals surface area contributed by atoms with Gasteiger partial charge in [0.2, 0.25) is 11.8 Å². The van der Waals surface area contributed by atoms with Crippen molar-refractivity contribution in [1.29, 1.82) is 0 Å². The van der Waals surface area contributed by atoms with Crippen molar-refractivity contribution < 1.29 is 9.59 Å². The maximum Gasteiger partial charge on any atom is 0.242 e. The van der Waals surface area contributed by atoms with Crippen LogP contribution in [0, 0.1) is 5.41 Å². The zero-order chi connectivity index (χ0) is 20.9. The van der Waals surface area contributed by atoms with Crippen LogP contribution in [0.25, 0.3) is 10.9 Å². The van der Waals surface area contributed by atoms with E-state index in [1.54, 1.807) is 0 Å². The van der Waals surface area contributed by atoms with Crippen LogP contribution in [0.5, 0.6) is 0 Å². The van der Waals surface area contributed by atoms with Gasteiger partial charge in [0.15, 0.2) is 0 Å². The van der Waals surface area contributed by atoms with Gasteiger partial charge in [-0.15, -0.1) is 0 Å². The van der Waals surface area contributed by atoms with Crippen LogP contribution in [0.15, 0.2) is 60.8 Å². The average Bonchev–Trinajstić information content (AvgIpc) is 3.10. The summed E-state index contributed by atoms with van der Waals surface area (Å²) in [6.07, 6.45) is 3.10. The second kappa shape index (κ2) is 8.95. The number of aromatic amines is 1. The molecule has 0 radical (unpaired) electrons. The molecule has 29 heavy (non-hydrogen) atoms. The third-order valence-electron chi connectivity index (χ3n) is 4.96. The van der Waals surface area contributed by atoms with E-state index < -0.39 is 11.5 Å². The van der Waals surface area contributed by atoms with E-state index in [0.717, 1.165) is 22.9 Å². The molecular formula is C24H29N3O2. The lowest BCUT2D eigenvalue weighted by Gasteiger charge is -2.24. The van der Waals surface area contributed by atoms with Gasteiger partial charge in [0.1, 0.15) is 6.04 Å². The van der Waals surface area contributed by atoms with Crippen molar-refractivity contribution in [1.82, 2.24) is 15.6 Å². The molecule has 0 aliphatic rings. The van der Waals surface area contributed by atoms with Gasteiger partial charge >= 0.3 is 0 Å². The minimum Gasteiger partial charge on any atom is -0.361 e. The topological polar surface area (TPSA) is 74.0 Å². The SMILES string of the molecule is CC(C)(C)C(=O)N[C@@H](Cc1c[nH]c2ccccc12)C(=O)NCCc1ccccc1. The number of nitrogens with one attached hydrogen (secondary N) is 3. The summed E-state index contributed by atoms with van der Waals surface area (Å²) < 4.78 is 0. The Kier molecular flexibility index (Phi) is 6.37. The fourth-order valence-corrected chi connectivity index (χ4v) is 3.20. The summed E-state index contributed by atoms with van der Waals surface area (Å²) in [5, 5.41) is 7.00. The highest BCUT2D eigenvalue weighted by molar-refractivity contribution is 5.91. The molecule has 3 rings (SSSR count). The fraction of sp³-hybridized carbons (Fsp3) is 0.333. The zero-order valence-corrected chi connectivity index (χ0v) is 17.3. The van der Waals surface area contributed by atoms with Crippen LogP contribution in [0.1, 0.15) is 31.9 Å². The maximum atomic E-state index is 12.9. The summed E-state index contributed by atoms with van der Waals surface area (Å²) >= 11 is 0. The predicted octanol–water partition coefficient (Wildman–Crippen LogP) is 3.60. The van der Waals surface area contributed by atoms with Gasteiger partial charge in [-0.3, -0.25) is 9.59 Å². The van der Waals surface area contributed by atoms with Gasteiger partial charge in [-0.2, -0.15) is 0 Å². The Morgan fingerprint density at radius 2 is 1.69 bits per heavy atom. The van der Waals surface area contributed by atoms with E-state index >= 15 is 0 Å². The van der Waals surface area contributed by atoms with Crippen LogP contribution in [0.3, 0.4) is 0 Å². The van der Waals surface area contributed by atoms with E-state index in [-0.39, 0.29) is 11.8 Å². The molecule has 152 valence electrons. The smallest absolute Gasteiger partial charge is 0.242 e. The van der Waals surface area contributed by atoms with Gasteiger partial charge in [-0.25, -0.2) is 0 Å². The van der Waals surface area contributed by atoms with Crippen molar-refractivity contribution in [3.63, 3.8) is 0 Å². The minimum atomic E-state index is -0.628. The number of hydrogen-bond donors (Lipinski definition) is 3. The monoisotopic (exact) mass is 391 g/mol. The number of rotatable bonds is 7. The molecule has 0 saturated heterocycles. The number of amides is 2. The molecule has 0 bridgehead atoms. The summed E-state index contributed by atoms with van der Waals surface area (Å²) in [7, 11) is 0. The van der Waals surface area contributed by atoms with Crippen molar-refractivity contribution in [2.24, 2.45) is 5.41 Å². The van der Waals surface area contributed by atoms with E-state index in [1.165, 1.54) is 5.56 Å². The first-order chi connectivity index (χ1) is 13.8. The molecule has 0 aliphatic carbocycles. The number of H-pyrrole nitrogens is 1. The quantitative estimate of drug-likeness (QED) is 0.576. The Hall–Kier alpha value is -3.08. The molecule has 0 unspecified atom stereocenters. The maximum absolute atomic E-state index is 12.9. The predicted molar refractivity (Wildman–Crippen MR) is 117 cm³/mol. The molecule has 0 aliphatic heterocycles. The molecule has 0 fully saturated rings. The van der Waals surface area contributed by atoms with Gasteiger partial charge in [0.05, 0.1) is 0 Å². The molecule has 1 heterocycles. The Morgan fingerprint density at radius 1 is 1.00 bits per heavy atom. The lowest BCUT2D eigenvalue weighted by molar-refractivity contribution is -0.133. The first-order valence-electron chi connectivity index (χ1n) is 10.0. The molecule has 0 spiro atoms. The van der Waals surface area contributed by atoms with Crippen LogP contribution >= 0.6 is 0 Å². The third-order valence-corrected chi connectivity index (χ3v) is 4.96. The van der Waals surface area contributed by atoms with E-state index in [0.29, 0.717) is 13.0 Å². The average molecular weight is 392 g/mol. The molecule has 1 atom stereocenters. The molecule has 2 aromatic carbocycles. The molecule has 1 aromatic heterocycles. The standard InChI is InChI=1S/C24H29N3O2/c1-24(2,3)23(29)27-21(15-18-16-26-20-12-8-7-11-19(18)20)22(28)25-14-13-17-9-5-4-6-10-17/h4-12,16,21,26H,13-15H2,1-3H3,(H,25,28)(H,27,29)/t21-/m0/s1. The van der Waals surface area contributed by atoms with Crippen molar-refractivity contribution in [2.75, 3.05) is 6.54 Å². The number of carbonyl (C=O) groups is 2. The van der Waals surface area contributed by atoms with E-state index in [2.05, 4.69) is 15.6 Å². The summed E-state index contributed by atoms with van der Waals surface area (Å²) in [4.78, 5) is 28.7. The van der Waals surface area contributed by atoms with Crippen molar-refractivity contribution in [3.8, 4) is 0 Å². The lowest BCUT2D eigenvalue weighted by atomic mass is 9.94. The third kappa shape index (κ3) is 5.47. The van der Waals surface area contributed by atoms with Crippen LogP contribution in [-0.2, 0) is 22.4 Å². The van der Waals surface area contributed by atoms with Gasteiger partial charge < -0.3 is 15.6 Å². The second-order valence-electron chi connectivity index (χ2n) is 8.37. The Labute approximate surface area is 171 Å². The minimum absolute atomic E-state index is 0.138. The van der Waals surface area contributed by atoms with Crippen molar-refractivity contribution in [2.45, 2.75) is 39.7 Å². The summed E-state index contributed by atoms with van der Waals surface area (Å²) in [6, 6.07) is 17.4. The van der Waals surface area contributed by atoms with Crippen LogP contribution in [0.2, 0.25) is 0 Å². The number of carbonyl (C=O) groups excluding carboxylic acids is 2. The highest BCUT2D eigenvalue weighted by atomic mass is 16.2. The molecule has 3 aromatic rings. The first-order valence-corrected chi connectivity index (χ1v) is 10.0. The first kappa shape index (κ1) is 20.6. The number of fused-ring (bicyclic) bond motifs is 1. The Bertz CT molecular complexity index is 970. The molecule has 2 amide bonds. The highest BCUT2D eigenvalue weighted by Crippen LogP contribution is 2.20.